The number of ether oxygens (including phenoxy) is 1. The number of nitrogens with zero attached hydrogens (tertiary/aromatic N) is 1. The fourth-order valence-corrected chi connectivity index (χ4v) is 2.01. The van der Waals surface area contributed by atoms with Crippen LogP contribution in [0.1, 0.15) is 22.6 Å². The highest BCUT2D eigenvalue weighted by atomic mass is 16.5. The maximum Gasteiger partial charge on any atom is 0.307 e. The number of hydrogen-bond donors (Lipinski definition) is 1. The van der Waals surface area contributed by atoms with E-state index in [1.54, 1.807) is 24.3 Å². The monoisotopic (exact) mass is 275 g/mol. The molecule has 0 atom stereocenters. The van der Waals surface area contributed by atoms with Gasteiger partial charge >= 0.3 is 5.97 Å². The van der Waals surface area contributed by atoms with Crippen molar-refractivity contribution in [2.45, 2.75) is 26.7 Å². The van der Waals surface area contributed by atoms with E-state index in [1.165, 1.54) is 0 Å². The second-order valence-electron chi connectivity index (χ2n) is 4.62. The lowest BCUT2D eigenvalue weighted by molar-refractivity contribution is -0.136. The molecule has 0 fully saturated rings. The van der Waals surface area contributed by atoms with Gasteiger partial charge in [0.05, 0.1) is 18.7 Å². The van der Waals surface area contributed by atoms with Crippen LogP contribution in [0.5, 0.6) is 5.75 Å². The van der Waals surface area contributed by atoms with Gasteiger partial charge in [0.15, 0.2) is 0 Å². The minimum atomic E-state index is -0.836. The largest absolute Gasteiger partial charge is 0.493 e. The van der Waals surface area contributed by atoms with Crippen LogP contribution in [-0.2, 0) is 17.6 Å². The van der Waals surface area contributed by atoms with E-state index in [-0.39, 0.29) is 6.42 Å². The van der Waals surface area contributed by atoms with Crippen molar-refractivity contribution in [3.63, 3.8) is 0 Å². The van der Waals surface area contributed by atoms with Crippen LogP contribution in [0.4, 0.5) is 0 Å². The Balaban J connectivity index is 1.87. The Bertz CT molecular complexity index is 567. The Labute approximate surface area is 117 Å². The summed E-state index contributed by atoms with van der Waals surface area (Å²) in [5, 5.41) is 12.6. The van der Waals surface area contributed by atoms with Gasteiger partial charge in [-0.05, 0) is 31.5 Å². The summed E-state index contributed by atoms with van der Waals surface area (Å²) >= 11 is 0. The molecule has 5 nitrogen and oxygen atoms in total. The summed E-state index contributed by atoms with van der Waals surface area (Å²) in [7, 11) is 0. The molecule has 0 saturated carbocycles. The van der Waals surface area contributed by atoms with Crippen molar-refractivity contribution in [3.8, 4) is 5.75 Å². The first kappa shape index (κ1) is 14.1. The van der Waals surface area contributed by atoms with Gasteiger partial charge < -0.3 is 14.4 Å². The van der Waals surface area contributed by atoms with Crippen LogP contribution >= 0.6 is 0 Å². The van der Waals surface area contributed by atoms with Gasteiger partial charge in [0.1, 0.15) is 11.5 Å². The molecule has 5 heteroatoms. The molecule has 2 rings (SSSR count). The Morgan fingerprint density at radius 3 is 2.55 bits per heavy atom. The zero-order valence-electron chi connectivity index (χ0n) is 11.5. The molecule has 0 aliphatic carbocycles. The van der Waals surface area contributed by atoms with Gasteiger partial charge in [0.25, 0.3) is 0 Å². The molecule has 0 amide bonds. The summed E-state index contributed by atoms with van der Waals surface area (Å²) < 4.78 is 10.7. The number of carbonyl (C=O) groups is 1. The summed E-state index contributed by atoms with van der Waals surface area (Å²) in [5.41, 5.74) is 2.73. The molecule has 0 saturated heterocycles. The van der Waals surface area contributed by atoms with Gasteiger partial charge in [-0.25, -0.2) is 0 Å². The van der Waals surface area contributed by atoms with E-state index in [2.05, 4.69) is 5.16 Å². The summed E-state index contributed by atoms with van der Waals surface area (Å²) in [4.78, 5) is 10.6. The smallest absolute Gasteiger partial charge is 0.307 e. The first-order valence-electron chi connectivity index (χ1n) is 6.41. The lowest BCUT2D eigenvalue weighted by Gasteiger charge is -2.06. The summed E-state index contributed by atoms with van der Waals surface area (Å²) in [6, 6.07) is 7.09. The molecule has 106 valence electrons. The van der Waals surface area contributed by atoms with Crippen molar-refractivity contribution in [1.82, 2.24) is 5.16 Å². The van der Waals surface area contributed by atoms with Gasteiger partial charge in [-0.3, -0.25) is 4.79 Å². The van der Waals surface area contributed by atoms with Gasteiger partial charge in [0.2, 0.25) is 0 Å². The van der Waals surface area contributed by atoms with Gasteiger partial charge in [-0.1, -0.05) is 17.3 Å². The molecule has 1 N–H and O–H groups in total. The molecule has 0 aliphatic heterocycles. The molecule has 1 heterocycles. The van der Waals surface area contributed by atoms with Crippen molar-refractivity contribution in [2.24, 2.45) is 0 Å². The topological polar surface area (TPSA) is 72.6 Å². The standard InChI is InChI=1S/C15H17NO4/c1-10-14(11(2)20-16-10)7-8-19-13-5-3-12(4-6-13)9-15(17)18/h3-6H,7-9H2,1-2H3,(H,17,18). The van der Waals surface area contributed by atoms with E-state index in [0.29, 0.717) is 6.61 Å². The van der Waals surface area contributed by atoms with Crippen molar-refractivity contribution in [2.75, 3.05) is 6.61 Å². The molecule has 0 bridgehead atoms. The molecular weight excluding hydrogens is 258 g/mol. The normalized spacial score (nSPS) is 10.5. The number of carboxylic acids is 1. The molecule has 0 unspecified atom stereocenters. The Morgan fingerprint density at radius 2 is 2.00 bits per heavy atom. The van der Waals surface area contributed by atoms with Crippen LogP contribution in [-0.4, -0.2) is 22.8 Å². The zero-order valence-corrected chi connectivity index (χ0v) is 11.5. The number of hydrogen-bond acceptors (Lipinski definition) is 4. The molecule has 20 heavy (non-hydrogen) atoms. The van der Waals surface area contributed by atoms with Crippen molar-refractivity contribution >= 4 is 5.97 Å². The van der Waals surface area contributed by atoms with Gasteiger partial charge in [-0.15, -0.1) is 0 Å². The third-order valence-electron chi connectivity index (χ3n) is 3.08. The fraction of sp³-hybridized carbons (Fsp3) is 0.333. The Hall–Kier alpha value is -2.30. The summed E-state index contributed by atoms with van der Waals surface area (Å²) in [5.74, 6) is 0.714. The Kier molecular flexibility index (Phi) is 4.40. The molecule has 0 spiro atoms. The molecule has 2 aromatic rings. The van der Waals surface area contributed by atoms with Crippen LogP contribution in [0.2, 0.25) is 0 Å². The van der Waals surface area contributed by atoms with E-state index in [4.69, 9.17) is 14.4 Å². The third kappa shape index (κ3) is 3.60. The highest BCUT2D eigenvalue weighted by Crippen LogP contribution is 2.16. The molecule has 1 aromatic heterocycles. The molecular formula is C15H17NO4. The predicted molar refractivity (Wildman–Crippen MR) is 73.0 cm³/mol. The molecule has 0 radical (unpaired) electrons. The highest BCUT2D eigenvalue weighted by molar-refractivity contribution is 5.70. The van der Waals surface area contributed by atoms with Gasteiger partial charge in [0, 0.05) is 12.0 Å². The maximum atomic E-state index is 10.6. The summed E-state index contributed by atoms with van der Waals surface area (Å²) in [6.45, 7) is 4.32. The number of aliphatic carboxylic acids is 1. The summed E-state index contributed by atoms with van der Waals surface area (Å²) in [6.07, 6.45) is 0.761. The van der Waals surface area contributed by atoms with E-state index in [9.17, 15) is 4.79 Å². The second kappa shape index (κ2) is 6.23. The lowest BCUT2D eigenvalue weighted by Crippen LogP contribution is -2.03. The minimum Gasteiger partial charge on any atom is -0.493 e. The first-order chi connectivity index (χ1) is 9.56. The molecule has 0 aliphatic rings. The van der Waals surface area contributed by atoms with Crippen molar-refractivity contribution in [3.05, 3.63) is 46.8 Å². The van der Waals surface area contributed by atoms with Crippen LogP contribution in [0.25, 0.3) is 0 Å². The molecule has 1 aromatic carbocycles. The Morgan fingerprint density at radius 1 is 1.30 bits per heavy atom. The van der Waals surface area contributed by atoms with E-state index in [1.807, 2.05) is 13.8 Å². The predicted octanol–water partition coefficient (Wildman–Crippen LogP) is 2.54. The van der Waals surface area contributed by atoms with E-state index in [0.717, 1.165) is 34.8 Å². The SMILES string of the molecule is Cc1noc(C)c1CCOc1ccc(CC(=O)O)cc1. The number of aryl methyl sites for hydroxylation is 2. The van der Waals surface area contributed by atoms with Crippen LogP contribution in [0, 0.1) is 13.8 Å². The average molecular weight is 275 g/mol. The second-order valence-corrected chi connectivity index (χ2v) is 4.62. The van der Waals surface area contributed by atoms with Crippen LogP contribution in [0.15, 0.2) is 28.8 Å². The van der Waals surface area contributed by atoms with E-state index >= 15 is 0 Å². The highest BCUT2D eigenvalue weighted by Gasteiger charge is 2.08. The third-order valence-corrected chi connectivity index (χ3v) is 3.08. The first-order valence-corrected chi connectivity index (χ1v) is 6.41. The van der Waals surface area contributed by atoms with Crippen molar-refractivity contribution < 1.29 is 19.2 Å². The quantitative estimate of drug-likeness (QED) is 0.877. The number of carboxylic acid groups (broad SMARTS) is 1. The number of rotatable bonds is 6. The number of aromatic nitrogens is 1. The maximum absolute atomic E-state index is 10.6. The zero-order chi connectivity index (χ0) is 14.5. The lowest BCUT2D eigenvalue weighted by atomic mass is 10.1. The average Bonchev–Trinajstić information content (AvgIpc) is 2.72. The number of benzene rings is 1. The van der Waals surface area contributed by atoms with Crippen molar-refractivity contribution in [1.29, 1.82) is 0 Å². The minimum absolute atomic E-state index is 0.0271. The van der Waals surface area contributed by atoms with Crippen LogP contribution < -0.4 is 4.74 Å². The van der Waals surface area contributed by atoms with Gasteiger partial charge in [-0.2, -0.15) is 0 Å². The van der Waals surface area contributed by atoms with E-state index < -0.39 is 5.97 Å². The van der Waals surface area contributed by atoms with Crippen LogP contribution in [0.3, 0.4) is 0 Å². The fourth-order valence-electron chi connectivity index (χ4n) is 2.01.